The molecule has 0 aliphatic heterocycles. The highest BCUT2D eigenvalue weighted by Gasteiger charge is 2.33. The van der Waals surface area contributed by atoms with Gasteiger partial charge in [-0.3, -0.25) is 9.36 Å². The van der Waals surface area contributed by atoms with E-state index in [0.29, 0.717) is 26.2 Å². The van der Waals surface area contributed by atoms with E-state index in [1.54, 1.807) is 0 Å². The zero-order chi connectivity index (χ0) is 16.1. The molecule has 21 heavy (non-hydrogen) atoms. The summed E-state index contributed by atoms with van der Waals surface area (Å²) in [7, 11) is -3.06. The predicted octanol–water partition coefficient (Wildman–Crippen LogP) is 4.23. The first-order valence-electron chi connectivity index (χ1n) is 7.20. The van der Waals surface area contributed by atoms with Crippen molar-refractivity contribution < 1.29 is 23.1 Å². The first-order valence-corrected chi connectivity index (χ1v) is 10.1. The lowest BCUT2D eigenvalue weighted by Gasteiger charge is -2.23. The van der Waals surface area contributed by atoms with Crippen LogP contribution in [0.25, 0.3) is 0 Å². The van der Waals surface area contributed by atoms with Crippen molar-refractivity contribution in [1.82, 2.24) is 0 Å². The van der Waals surface area contributed by atoms with Crippen LogP contribution in [0.5, 0.6) is 0 Å². The third kappa shape index (κ3) is 9.35. The molecule has 0 saturated heterocycles. The van der Waals surface area contributed by atoms with Gasteiger partial charge in [0, 0.05) is 6.92 Å². The average molecular weight is 338 g/mol. The van der Waals surface area contributed by atoms with Crippen LogP contribution < -0.4 is 0 Å². The van der Waals surface area contributed by atoms with E-state index in [0.717, 1.165) is 12.8 Å². The molecular weight excluding hydrogens is 311 g/mol. The fourth-order valence-electron chi connectivity index (χ4n) is 1.67. The highest BCUT2D eigenvalue weighted by atomic mass is 32.2. The van der Waals surface area contributed by atoms with Gasteiger partial charge in [0.15, 0.2) is 0 Å². The molecule has 5 nitrogen and oxygen atoms in total. The second-order valence-electron chi connectivity index (χ2n) is 4.26. The normalized spacial score (nSPS) is 13.5. The molecule has 0 aromatic rings. The van der Waals surface area contributed by atoms with E-state index in [1.807, 2.05) is 32.3 Å². The molecule has 0 amide bonds. The summed E-state index contributed by atoms with van der Waals surface area (Å²) in [4.78, 5) is 10.4. The van der Waals surface area contributed by atoms with Gasteiger partial charge in [-0.1, -0.05) is 12.2 Å². The van der Waals surface area contributed by atoms with Crippen LogP contribution in [-0.4, -0.2) is 37.0 Å². The van der Waals surface area contributed by atoms with Crippen LogP contribution in [0.2, 0.25) is 0 Å². The Morgan fingerprint density at radius 3 is 2.33 bits per heavy atom. The lowest BCUT2D eigenvalue weighted by Crippen LogP contribution is -2.09. The smallest absolute Gasteiger partial charge is 0.343 e. The first-order chi connectivity index (χ1) is 10.00. The second-order valence-corrected chi connectivity index (χ2v) is 7.86. The number of hydrogen-bond donors (Lipinski definition) is 0. The van der Waals surface area contributed by atoms with Crippen LogP contribution in [0, 0.1) is 0 Å². The lowest BCUT2D eigenvalue weighted by atomic mass is 10.3. The quantitative estimate of drug-likeness (QED) is 0.230. The Hall–Kier alpha value is -0.290. The molecule has 0 saturated carbocycles. The molecule has 0 aromatic heterocycles. The number of allylic oxidation sites excluding steroid dienone is 2. The number of rotatable bonds is 12. The summed E-state index contributed by atoms with van der Waals surface area (Å²) in [5.41, 5.74) is 0. The van der Waals surface area contributed by atoms with Gasteiger partial charge in [0.2, 0.25) is 0 Å². The second kappa shape index (κ2) is 12.3. The molecule has 7 heteroatoms. The van der Waals surface area contributed by atoms with Crippen LogP contribution in [0.1, 0.15) is 40.0 Å². The number of unbranched alkanes of at least 4 members (excludes halogenated alkanes) is 1. The van der Waals surface area contributed by atoms with Crippen molar-refractivity contribution in [2.45, 2.75) is 45.0 Å². The molecule has 0 rings (SSSR count). The number of esters is 1. The van der Waals surface area contributed by atoms with Gasteiger partial charge < -0.3 is 13.8 Å². The van der Waals surface area contributed by atoms with E-state index in [4.69, 9.17) is 13.8 Å². The maximum atomic E-state index is 12.6. The van der Waals surface area contributed by atoms with Crippen molar-refractivity contribution in [3.05, 3.63) is 12.2 Å². The third-order valence-corrected chi connectivity index (χ3v) is 6.86. The van der Waals surface area contributed by atoms with E-state index < -0.39 is 7.60 Å². The Morgan fingerprint density at radius 1 is 1.24 bits per heavy atom. The molecule has 0 aliphatic carbocycles. The highest BCUT2D eigenvalue weighted by Crippen LogP contribution is 2.57. The van der Waals surface area contributed by atoms with Crippen molar-refractivity contribution in [3.63, 3.8) is 0 Å². The molecule has 124 valence electrons. The highest BCUT2D eigenvalue weighted by molar-refractivity contribution is 8.04. The van der Waals surface area contributed by atoms with Crippen molar-refractivity contribution in [3.8, 4) is 0 Å². The van der Waals surface area contributed by atoms with Gasteiger partial charge in [-0.25, -0.2) is 0 Å². The van der Waals surface area contributed by atoms with E-state index in [9.17, 15) is 9.36 Å². The predicted molar refractivity (Wildman–Crippen MR) is 87.8 cm³/mol. The van der Waals surface area contributed by atoms with E-state index in [2.05, 4.69) is 0 Å². The summed E-state index contributed by atoms with van der Waals surface area (Å²) in [5, 5.41) is 0. The Labute approximate surface area is 132 Å². The van der Waals surface area contributed by atoms with Crippen molar-refractivity contribution in [2.75, 3.05) is 26.1 Å². The number of thioether (sulfide) groups is 1. The molecule has 0 radical (unpaired) electrons. The number of hydrogen-bond acceptors (Lipinski definition) is 6. The number of carbonyl (C=O) groups is 1. The molecular formula is C14H27O5PS. The minimum Gasteiger partial charge on any atom is -0.466 e. The van der Waals surface area contributed by atoms with Crippen LogP contribution in [-0.2, 0) is 23.1 Å². The molecule has 0 fully saturated rings. The van der Waals surface area contributed by atoms with Gasteiger partial charge in [0.05, 0.1) is 19.8 Å². The van der Waals surface area contributed by atoms with Gasteiger partial charge in [-0.05, 0) is 39.4 Å². The number of ether oxygens (including phenoxy) is 1. The van der Waals surface area contributed by atoms with Crippen LogP contribution in [0.15, 0.2) is 12.2 Å². The molecule has 0 spiro atoms. The Kier molecular flexibility index (Phi) is 12.1. The fraction of sp³-hybridized carbons (Fsp3) is 0.786. The van der Waals surface area contributed by atoms with Gasteiger partial charge in [-0.15, -0.1) is 11.8 Å². The minimum atomic E-state index is -3.06. The monoisotopic (exact) mass is 338 g/mol. The maximum Gasteiger partial charge on any atom is 0.343 e. The number of carbonyl (C=O) groups excluding carboxylic acids is 1. The molecule has 1 unspecified atom stereocenters. The van der Waals surface area contributed by atoms with Gasteiger partial charge in [0.1, 0.15) is 4.99 Å². The summed E-state index contributed by atoms with van der Waals surface area (Å²) in [6.45, 7) is 6.21. The zero-order valence-corrected chi connectivity index (χ0v) is 15.1. The van der Waals surface area contributed by atoms with Gasteiger partial charge in [0.25, 0.3) is 0 Å². The van der Waals surface area contributed by atoms with Crippen molar-refractivity contribution in [1.29, 1.82) is 0 Å². The third-order valence-electron chi connectivity index (χ3n) is 2.57. The Morgan fingerprint density at radius 2 is 1.86 bits per heavy atom. The van der Waals surface area contributed by atoms with Crippen LogP contribution >= 0.6 is 19.4 Å². The zero-order valence-electron chi connectivity index (χ0n) is 13.4. The van der Waals surface area contributed by atoms with Gasteiger partial charge in [-0.2, -0.15) is 0 Å². The summed E-state index contributed by atoms with van der Waals surface area (Å²) >= 11 is 1.50. The van der Waals surface area contributed by atoms with E-state index >= 15 is 0 Å². The van der Waals surface area contributed by atoms with Crippen molar-refractivity contribution in [2.24, 2.45) is 0 Å². The topological polar surface area (TPSA) is 61.8 Å². The van der Waals surface area contributed by atoms with Gasteiger partial charge >= 0.3 is 13.6 Å². The molecule has 0 heterocycles. The van der Waals surface area contributed by atoms with E-state index in [-0.39, 0.29) is 11.0 Å². The Balaban J connectivity index is 4.23. The van der Waals surface area contributed by atoms with Crippen molar-refractivity contribution >= 4 is 25.3 Å². The largest absolute Gasteiger partial charge is 0.466 e. The molecule has 0 N–H and O–H groups in total. The summed E-state index contributed by atoms with van der Waals surface area (Å²) in [6, 6.07) is 0. The summed E-state index contributed by atoms with van der Waals surface area (Å²) in [5.74, 6) is -0.254. The summed E-state index contributed by atoms with van der Waals surface area (Å²) < 4.78 is 28.2. The minimum absolute atomic E-state index is 0.192. The van der Waals surface area contributed by atoms with E-state index in [1.165, 1.54) is 18.7 Å². The van der Waals surface area contributed by atoms with Crippen LogP contribution in [0.4, 0.5) is 0 Å². The molecule has 1 atom stereocenters. The lowest BCUT2D eigenvalue weighted by molar-refractivity contribution is -0.141. The maximum absolute atomic E-state index is 12.6. The summed E-state index contributed by atoms with van der Waals surface area (Å²) in [6.07, 6.45) is 8.14. The fourth-order valence-corrected chi connectivity index (χ4v) is 4.87. The molecule has 0 aliphatic rings. The first kappa shape index (κ1) is 20.7. The SMILES string of the molecule is CCOP(=O)(OCC)C(C/C=C/CCCOC(C)=O)SC. The van der Waals surface area contributed by atoms with Crippen LogP contribution in [0.3, 0.4) is 0 Å². The standard InChI is InChI=1S/C14H27O5PS/c1-5-18-20(16,19-6-2)14(21-4)11-9-7-8-10-12-17-13(3)15/h7,9,14H,5-6,8,10-12H2,1-4H3/b9-7+. The molecule has 0 aromatic carbocycles. The molecule has 0 bridgehead atoms. The average Bonchev–Trinajstić information content (AvgIpc) is 2.42. The Bertz CT molecular complexity index is 349.